The summed E-state index contributed by atoms with van der Waals surface area (Å²) in [5.74, 6) is 2.47. The number of nitrogens with zero attached hydrogens (tertiary/aromatic N) is 3. The molecule has 144 valence electrons. The molecule has 0 aliphatic carbocycles. The van der Waals surface area contributed by atoms with Gasteiger partial charge in [0.15, 0.2) is 11.5 Å². The maximum atomic E-state index is 12.4. The Balaban J connectivity index is 1.34. The number of carbonyl (C=O) groups is 1. The first kappa shape index (κ1) is 18.2. The average Bonchev–Trinajstić information content (AvgIpc) is 3.36. The van der Waals surface area contributed by atoms with Crippen molar-refractivity contribution in [2.75, 3.05) is 27.3 Å². The average molecular weight is 397 g/mol. The Morgan fingerprint density at radius 3 is 2.79 bits per heavy atom. The van der Waals surface area contributed by atoms with E-state index in [2.05, 4.69) is 10.1 Å². The van der Waals surface area contributed by atoms with Crippen LogP contribution in [0.2, 0.25) is 0 Å². The molecule has 1 aliphatic heterocycles. The Labute approximate surface area is 166 Å². The summed E-state index contributed by atoms with van der Waals surface area (Å²) in [5, 5.41) is 7.97. The van der Waals surface area contributed by atoms with Gasteiger partial charge in [-0.25, -0.2) is 0 Å². The van der Waals surface area contributed by atoms with Crippen molar-refractivity contribution in [2.45, 2.75) is 5.92 Å². The third kappa shape index (κ3) is 3.63. The second-order valence-corrected chi connectivity index (χ2v) is 7.14. The minimum absolute atomic E-state index is 0.0522. The first-order valence-electron chi connectivity index (χ1n) is 8.73. The quantitative estimate of drug-likeness (QED) is 0.593. The fraction of sp³-hybridized carbons (Fsp3) is 0.250. The maximum absolute atomic E-state index is 12.4. The Bertz CT molecular complexity index is 991. The van der Waals surface area contributed by atoms with E-state index in [1.165, 1.54) is 0 Å². The second kappa shape index (κ2) is 7.85. The Morgan fingerprint density at radius 1 is 1.25 bits per heavy atom. The Kier molecular flexibility index (Phi) is 5.12. The van der Waals surface area contributed by atoms with Crippen molar-refractivity contribution in [3.63, 3.8) is 0 Å². The van der Waals surface area contributed by atoms with E-state index in [1.807, 2.05) is 35.0 Å². The fourth-order valence-corrected chi connectivity index (χ4v) is 3.59. The molecule has 1 amide bonds. The monoisotopic (exact) mass is 397 g/mol. The van der Waals surface area contributed by atoms with E-state index in [0.29, 0.717) is 36.3 Å². The molecule has 28 heavy (non-hydrogen) atoms. The zero-order valence-corrected chi connectivity index (χ0v) is 16.3. The van der Waals surface area contributed by atoms with E-state index in [9.17, 15) is 4.79 Å². The van der Waals surface area contributed by atoms with Gasteiger partial charge in [-0.15, -0.1) is 0 Å². The van der Waals surface area contributed by atoms with Gasteiger partial charge in [0.2, 0.25) is 17.6 Å². The zero-order valence-electron chi connectivity index (χ0n) is 15.5. The maximum Gasteiger partial charge on any atom is 0.246 e. The van der Waals surface area contributed by atoms with Crippen molar-refractivity contribution in [1.82, 2.24) is 15.0 Å². The van der Waals surface area contributed by atoms with Crippen LogP contribution < -0.4 is 9.47 Å². The number of methoxy groups -OCH3 is 2. The number of ether oxygens (including phenoxy) is 2. The molecule has 0 radical (unpaired) electrons. The van der Waals surface area contributed by atoms with Crippen molar-refractivity contribution in [1.29, 1.82) is 0 Å². The lowest BCUT2D eigenvalue weighted by atomic mass is 10.00. The highest BCUT2D eigenvalue weighted by Crippen LogP contribution is 2.30. The summed E-state index contributed by atoms with van der Waals surface area (Å²) in [6.07, 6.45) is 3.32. The van der Waals surface area contributed by atoms with Crippen LogP contribution in [0.4, 0.5) is 0 Å². The summed E-state index contributed by atoms with van der Waals surface area (Å²) < 4.78 is 15.9. The molecular formula is C20H19N3O4S. The molecule has 2 aromatic heterocycles. The number of hydrogen-bond acceptors (Lipinski definition) is 7. The Hall–Kier alpha value is -3.13. The molecule has 1 fully saturated rings. The van der Waals surface area contributed by atoms with Gasteiger partial charge >= 0.3 is 0 Å². The van der Waals surface area contributed by atoms with Crippen LogP contribution in [0.15, 0.2) is 45.6 Å². The van der Waals surface area contributed by atoms with Gasteiger partial charge in [-0.1, -0.05) is 11.2 Å². The molecule has 0 spiro atoms. The molecule has 0 unspecified atom stereocenters. The van der Waals surface area contributed by atoms with Crippen LogP contribution in [0, 0.1) is 0 Å². The number of rotatable bonds is 6. The highest BCUT2D eigenvalue weighted by Gasteiger charge is 2.34. The fourth-order valence-electron chi connectivity index (χ4n) is 2.95. The molecule has 3 aromatic rings. The van der Waals surface area contributed by atoms with Crippen LogP contribution in [0.5, 0.6) is 11.5 Å². The molecular weight excluding hydrogens is 378 g/mol. The Morgan fingerprint density at radius 2 is 2.07 bits per heavy atom. The molecule has 1 saturated heterocycles. The van der Waals surface area contributed by atoms with Crippen LogP contribution in [0.1, 0.15) is 17.4 Å². The molecule has 8 heteroatoms. The van der Waals surface area contributed by atoms with E-state index >= 15 is 0 Å². The lowest BCUT2D eigenvalue weighted by Crippen LogP contribution is -2.47. The minimum Gasteiger partial charge on any atom is -0.493 e. The molecule has 0 bridgehead atoms. The van der Waals surface area contributed by atoms with E-state index in [4.69, 9.17) is 14.0 Å². The summed E-state index contributed by atoms with van der Waals surface area (Å²) in [6, 6.07) is 7.46. The lowest BCUT2D eigenvalue weighted by molar-refractivity contribution is -0.130. The van der Waals surface area contributed by atoms with Crippen molar-refractivity contribution >= 4 is 23.3 Å². The summed E-state index contributed by atoms with van der Waals surface area (Å²) in [5.41, 5.74) is 1.81. The van der Waals surface area contributed by atoms with Gasteiger partial charge in [0.25, 0.3) is 0 Å². The summed E-state index contributed by atoms with van der Waals surface area (Å²) in [6.45, 7) is 1.14. The zero-order chi connectivity index (χ0) is 19.5. The van der Waals surface area contributed by atoms with Gasteiger partial charge in [-0.3, -0.25) is 4.79 Å². The van der Waals surface area contributed by atoms with E-state index in [-0.39, 0.29) is 11.8 Å². The number of likely N-dealkylation sites (tertiary alicyclic amines) is 1. The van der Waals surface area contributed by atoms with Crippen LogP contribution in [0.3, 0.4) is 0 Å². The molecule has 1 aromatic carbocycles. The minimum atomic E-state index is -0.0522. The van der Waals surface area contributed by atoms with Gasteiger partial charge in [0.1, 0.15) is 0 Å². The van der Waals surface area contributed by atoms with Crippen molar-refractivity contribution < 1.29 is 18.8 Å². The predicted molar refractivity (Wildman–Crippen MR) is 106 cm³/mol. The summed E-state index contributed by atoms with van der Waals surface area (Å²) >= 11 is 1.59. The second-order valence-electron chi connectivity index (χ2n) is 6.36. The number of aromatic nitrogens is 2. The van der Waals surface area contributed by atoms with E-state index < -0.39 is 0 Å². The molecule has 4 rings (SSSR count). The van der Waals surface area contributed by atoms with Crippen LogP contribution in [-0.4, -0.2) is 48.3 Å². The third-order valence-electron chi connectivity index (χ3n) is 4.59. The molecule has 0 saturated carbocycles. The lowest BCUT2D eigenvalue weighted by Gasteiger charge is -2.36. The number of amides is 1. The van der Waals surface area contributed by atoms with Crippen molar-refractivity contribution in [3.8, 4) is 22.9 Å². The van der Waals surface area contributed by atoms with Crippen LogP contribution >= 0.6 is 11.3 Å². The molecule has 0 N–H and O–H groups in total. The number of hydrogen-bond donors (Lipinski definition) is 0. The molecule has 0 atom stereocenters. The topological polar surface area (TPSA) is 77.7 Å². The summed E-state index contributed by atoms with van der Waals surface area (Å²) in [4.78, 5) is 18.6. The number of thiophene rings is 1. The third-order valence-corrected chi connectivity index (χ3v) is 5.27. The smallest absolute Gasteiger partial charge is 0.246 e. The highest BCUT2D eigenvalue weighted by atomic mass is 32.1. The number of benzene rings is 1. The van der Waals surface area contributed by atoms with Crippen LogP contribution in [0.25, 0.3) is 17.5 Å². The standard InChI is InChI=1S/C20H19N3O4S/c1-25-16-5-3-13(9-17(16)26-2)4-6-18(24)23-10-15(11-23)20-21-19(22-27-20)14-7-8-28-12-14/h3-9,12,15H,10-11H2,1-2H3/b6-4+. The van der Waals surface area contributed by atoms with Crippen molar-refractivity contribution in [2.24, 2.45) is 0 Å². The van der Waals surface area contributed by atoms with Crippen LogP contribution in [-0.2, 0) is 4.79 Å². The van der Waals surface area contributed by atoms with E-state index in [0.717, 1.165) is 11.1 Å². The molecule has 3 heterocycles. The van der Waals surface area contributed by atoms with Gasteiger partial charge in [-0.2, -0.15) is 16.3 Å². The molecule has 1 aliphatic rings. The van der Waals surface area contributed by atoms with Crippen molar-refractivity contribution in [3.05, 3.63) is 52.6 Å². The van der Waals surface area contributed by atoms with E-state index in [1.54, 1.807) is 42.6 Å². The first-order chi connectivity index (χ1) is 13.7. The SMILES string of the molecule is COc1ccc(/C=C/C(=O)N2CC(c3nc(-c4ccsc4)no3)C2)cc1OC. The predicted octanol–water partition coefficient (Wildman–Crippen LogP) is 3.45. The number of carbonyl (C=O) groups excluding carboxylic acids is 1. The summed E-state index contributed by atoms with van der Waals surface area (Å²) in [7, 11) is 3.17. The highest BCUT2D eigenvalue weighted by molar-refractivity contribution is 7.08. The van der Waals surface area contributed by atoms with Gasteiger partial charge in [0, 0.05) is 30.1 Å². The van der Waals surface area contributed by atoms with Gasteiger partial charge in [0.05, 0.1) is 20.1 Å². The largest absolute Gasteiger partial charge is 0.493 e. The van der Waals surface area contributed by atoms with Gasteiger partial charge in [-0.05, 0) is 35.2 Å². The van der Waals surface area contributed by atoms with Gasteiger partial charge < -0.3 is 18.9 Å². The first-order valence-corrected chi connectivity index (χ1v) is 9.67. The molecule has 7 nitrogen and oxygen atoms in total. The normalized spacial score (nSPS) is 14.3.